The van der Waals surface area contributed by atoms with Crippen molar-refractivity contribution in [1.82, 2.24) is 15.0 Å². The second-order valence-electron chi connectivity index (χ2n) is 10.4. The number of fused-ring (bicyclic) bond motifs is 7. The molecule has 7 nitrogen and oxygen atoms in total. The predicted molar refractivity (Wildman–Crippen MR) is 147 cm³/mol. The van der Waals surface area contributed by atoms with Gasteiger partial charge in [0.2, 0.25) is 0 Å². The van der Waals surface area contributed by atoms with Crippen LogP contribution in [0.5, 0.6) is 0 Å². The minimum Gasteiger partial charge on any atom is -0.664 e. The van der Waals surface area contributed by atoms with E-state index in [4.69, 9.17) is 20.3 Å². The molecular formula is C30H28MgN4O3-2. The molecule has 0 radical (unpaired) electrons. The maximum Gasteiger partial charge on any atom is 2.00 e. The summed E-state index contributed by atoms with van der Waals surface area (Å²) in [7, 11) is 0. The number of hydrogen-bond acceptors (Lipinski definition) is 2. The van der Waals surface area contributed by atoms with Crippen molar-refractivity contribution in [3.63, 3.8) is 0 Å². The summed E-state index contributed by atoms with van der Waals surface area (Å²) in [5.74, 6) is -2.81. The van der Waals surface area contributed by atoms with Crippen molar-refractivity contribution < 1.29 is 14.7 Å². The first-order valence-electron chi connectivity index (χ1n) is 12.7. The molecular weight excluding hydrogens is 489 g/mol. The fourth-order valence-electron chi connectivity index (χ4n) is 5.90. The van der Waals surface area contributed by atoms with Gasteiger partial charge in [-0.25, -0.2) is 0 Å². The van der Waals surface area contributed by atoms with E-state index in [9.17, 15) is 14.7 Å². The van der Waals surface area contributed by atoms with Crippen LogP contribution in [0.15, 0.2) is 11.4 Å². The van der Waals surface area contributed by atoms with Gasteiger partial charge in [0, 0.05) is 5.56 Å². The fraction of sp³-hybridized carbons (Fsp3) is 0.333. The maximum absolute atomic E-state index is 13.4. The molecule has 1 aliphatic carbocycles. The predicted octanol–water partition coefficient (Wildman–Crippen LogP) is 3.01. The molecule has 5 heterocycles. The van der Waals surface area contributed by atoms with Crippen molar-refractivity contribution in [2.45, 2.75) is 54.4 Å². The Hall–Kier alpha value is -3.23. The Morgan fingerprint density at radius 2 is 1.55 bits per heavy atom. The van der Waals surface area contributed by atoms with E-state index in [1.807, 2.05) is 26.0 Å². The molecule has 3 aliphatic rings. The Bertz CT molecular complexity index is 1730. The number of nitrogens with zero attached hydrogens (tertiary/aromatic N) is 4. The average molecular weight is 517 g/mol. The molecule has 3 aromatic heterocycles. The van der Waals surface area contributed by atoms with Gasteiger partial charge in [-0.05, 0) is 46.5 Å². The minimum atomic E-state index is -1.28. The molecule has 2 aliphatic heterocycles. The molecule has 0 unspecified atom stereocenters. The quantitative estimate of drug-likeness (QED) is 0.414. The molecule has 8 heteroatoms. The van der Waals surface area contributed by atoms with Crippen LogP contribution in [0, 0.1) is 39.5 Å². The smallest absolute Gasteiger partial charge is 0.664 e. The third-order valence-electron chi connectivity index (χ3n) is 8.25. The first-order valence-corrected chi connectivity index (χ1v) is 12.7. The number of carbonyl (C=O) groups is 2. The van der Waals surface area contributed by atoms with Crippen molar-refractivity contribution in [2.75, 3.05) is 0 Å². The van der Waals surface area contributed by atoms with E-state index in [0.717, 1.165) is 50.9 Å². The van der Waals surface area contributed by atoms with Crippen LogP contribution >= 0.6 is 0 Å². The van der Waals surface area contributed by atoms with E-state index in [1.165, 1.54) is 5.56 Å². The van der Waals surface area contributed by atoms with Crippen LogP contribution in [0.2, 0.25) is 0 Å². The fourth-order valence-corrected chi connectivity index (χ4v) is 5.90. The van der Waals surface area contributed by atoms with Crippen molar-refractivity contribution in [2.24, 2.45) is 11.8 Å². The number of carboxylic acids is 1. The molecule has 8 bridgehead atoms. The summed E-state index contributed by atoms with van der Waals surface area (Å²) >= 11 is 0. The van der Waals surface area contributed by atoms with Crippen LogP contribution in [0.3, 0.4) is 0 Å². The van der Waals surface area contributed by atoms with Crippen LogP contribution in [-0.4, -0.2) is 39.9 Å². The topological polar surface area (TPSA) is 111 Å². The zero-order valence-electron chi connectivity index (χ0n) is 22.6. The molecule has 1 fully saturated rings. The third-order valence-corrected chi connectivity index (χ3v) is 8.25. The number of hydrogen-bond donors (Lipinski definition) is 1. The van der Waals surface area contributed by atoms with Gasteiger partial charge >= 0.3 is 29.0 Å². The van der Waals surface area contributed by atoms with E-state index in [-0.39, 0.29) is 29.0 Å². The van der Waals surface area contributed by atoms with Crippen LogP contribution in [-0.2, 0) is 11.2 Å². The van der Waals surface area contributed by atoms with Gasteiger partial charge in [-0.3, -0.25) is 9.59 Å². The number of ketones is 1. The summed E-state index contributed by atoms with van der Waals surface area (Å²) in [5, 5.41) is 16.6. The molecule has 1 N–H and O–H groups in total. The van der Waals surface area contributed by atoms with E-state index >= 15 is 0 Å². The summed E-state index contributed by atoms with van der Waals surface area (Å²) in [4.78, 5) is 40.4. The standard InChI is InChI=1S/C30H30N4O3.Mg/c1-7-17-15(5)21-9-18-12(2)8-24(31-18)26-27(30(36)37)29(35)25-16(6)22(34-28(25)26)10-19-13(3)14(4)20(32-19)11-23(17)33-21;/h9-12,27H,7-8H2,1-6H3,(H3,31,34,35,36,37);/q-2;+2/p-2/b18-9-,19-10-,20-11-;/t12-,27+;/m0./s1. The van der Waals surface area contributed by atoms with Gasteiger partial charge in [0.05, 0.1) is 0 Å². The summed E-state index contributed by atoms with van der Waals surface area (Å²) in [6.45, 7) is 12.2. The summed E-state index contributed by atoms with van der Waals surface area (Å²) in [5.41, 5.74) is 10.2. The Kier molecular flexibility index (Phi) is 6.39. The Morgan fingerprint density at radius 3 is 2.18 bits per heavy atom. The Morgan fingerprint density at radius 1 is 0.921 bits per heavy atom. The monoisotopic (exact) mass is 516 g/mol. The van der Waals surface area contributed by atoms with Gasteiger partial charge in [-0.2, -0.15) is 11.4 Å². The van der Waals surface area contributed by atoms with Crippen molar-refractivity contribution in [3.8, 4) is 0 Å². The largest absolute Gasteiger partial charge is 2.00 e. The van der Waals surface area contributed by atoms with Crippen molar-refractivity contribution in [3.05, 3.63) is 83.6 Å². The SMILES string of the molecule is CCc1c2[n-]c(c1C)/C=C1\[N-]/C(=C3\c4[n-]c(c(C)c4C(=O)[C@@H]3C(=O)O)/C=c3\[n-]/c(c(C)c3C)=C\2)C[C@@H]1C.[Mg+2]. The summed E-state index contributed by atoms with van der Waals surface area (Å²) < 4.78 is 0. The average Bonchev–Trinajstić information content (AvgIpc) is 3.59. The number of aromatic nitrogens is 3. The second kappa shape index (κ2) is 9.20. The van der Waals surface area contributed by atoms with Gasteiger partial charge in [-0.1, -0.05) is 65.5 Å². The Balaban J connectivity index is 0.00000294. The van der Waals surface area contributed by atoms with Crippen LogP contribution in [0.4, 0.5) is 0 Å². The summed E-state index contributed by atoms with van der Waals surface area (Å²) in [6.07, 6.45) is 7.37. The van der Waals surface area contributed by atoms with Gasteiger partial charge in [-0.15, -0.1) is 33.5 Å². The number of carbonyl (C=O) groups excluding carboxylic acids is 1. The molecule has 190 valence electrons. The van der Waals surface area contributed by atoms with Gasteiger partial charge in [0.1, 0.15) is 5.92 Å². The van der Waals surface area contributed by atoms with Crippen LogP contribution in [0.25, 0.3) is 29.1 Å². The van der Waals surface area contributed by atoms with Crippen molar-refractivity contribution in [1.29, 1.82) is 0 Å². The number of allylic oxidation sites excluding steroid dienone is 2. The van der Waals surface area contributed by atoms with Gasteiger partial charge < -0.3 is 25.4 Å². The first kappa shape index (κ1) is 26.4. The van der Waals surface area contributed by atoms with Gasteiger partial charge in [0.25, 0.3) is 0 Å². The molecule has 2 atom stereocenters. The Labute approximate surface area is 237 Å². The molecule has 0 spiro atoms. The van der Waals surface area contributed by atoms with Crippen molar-refractivity contribution >= 4 is 58.6 Å². The maximum atomic E-state index is 13.4. The second-order valence-corrected chi connectivity index (χ2v) is 10.4. The molecule has 6 rings (SSSR count). The summed E-state index contributed by atoms with van der Waals surface area (Å²) in [6, 6.07) is 0. The zero-order chi connectivity index (χ0) is 26.3. The number of Topliss-reactive ketones (excluding diaryl/α,β-unsaturated/α-hetero) is 1. The number of aliphatic carboxylic acids is 1. The third kappa shape index (κ3) is 3.68. The zero-order valence-corrected chi connectivity index (χ0v) is 24.0. The van der Waals surface area contributed by atoms with E-state index in [0.29, 0.717) is 40.2 Å². The molecule has 1 saturated heterocycles. The number of carboxylic acid groups (broad SMARTS) is 1. The van der Waals surface area contributed by atoms with E-state index < -0.39 is 17.7 Å². The van der Waals surface area contributed by atoms with Crippen LogP contribution in [0.1, 0.15) is 81.2 Å². The molecule has 38 heavy (non-hydrogen) atoms. The molecule has 0 saturated carbocycles. The minimum absolute atomic E-state index is 0. The van der Waals surface area contributed by atoms with Crippen LogP contribution < -0.4 is 25.7 Å². The van der Waals surface area contributed by atoms with Gasteiger partial charge in [0.15, 0.2) is 5.78 Å². The molecule has 0 amide bonds. The molecule has 3 aromatic rings. The molecule has 0 aromatic carbocycles. The van der Waals surface area contributed by atoms with E-state index in [1.54, 1.807) is 0 Å². The number of rotatable bonds is 2. The van der Waals surface area contributed by atoms with E-state index in [2.05, 4.69) is 33.8 Å². The first-order chi connectivity index (χ1) is 17.6. The normalized spacial score (nSPS) is 24.6.